The fraction of sp³-hybridized carbons (Fsp3) is 0.611. The van der Waals surface area contributed by atoms with Gasteiger partial charge in [0, 0.05) is 13.1 Å². The number of hydrogen-bond donors (Lipinski definition) is 0. The summed E-state index contributed by atoms with van der Waals surface area (Å²) < 4.78 is 5.66. The van der Waals surface area contributed by atoms with Crippen LogP contribution in [0.15, 0.2) is 24.3 Å². The second-order valence-corrected chi connectivity index (χ2v) is 6.98. The van der Waals surface area contributed by atoms with Crippen LogP contribution in [-0.4, -0.2) is 37.2 Å². The first kappa shape index (κ1) is 13.9. The number of urea groups is 1. The number of anilines is 1. The van der Waals surface area contributed by atoms with Crippen molar-refractivity contribution in [3.05, 3.63) is 24.3 Å². The molecule has 4 heteroatoms. The van der Waals surface area contributed by atoms with Crippen molar-refractivity contribution in [2.75, 3.05) is 31.1 Å². The summed E-state index contributed by atoms with van der Waals surface area (Å²) in [5.41, 5.74) is 1.34. The Bertz CT molecular complexity index is 566. The molecule has 0 radical (unpaired) electrons. The minimum Gasteiger partial charge on any atom is -0.490 e. The van der Waals surface area contributed by atoms with Crippen molar-refractivity contribution in [2.45, 2.75) is 38.5 Å². The predicted molar refractivity (Wildman–Crippen MR) is 86.4 cm³/mol. The van der Waals surface area contributed by atoms with E-state index in [-0.39, 0.29) is 6.03 Å². The third kappa shape index (κ3) is 2.34. The molecule has 0 unspecified atom stereocenters. The number of carbonyl (C=O) groups is 1. The van der Waals surface area contributed by atoms with E-state index in [1.165, 1.54) is 38.5 Å². The summed E-state index contributed by atoms with van der Waals surface area (Å²) in [5.74, 6) is 0.827. The molecule has 1 aromatic carbocycles. The molecule has 22 heavy (non-hydrogen) atoms. The van der Waals surface area contributed by atoms with Crippen molar-refractivity contribution in [3.63, 3.8) is 0 Å². The maximum atomic E-state index is 13.0. The molecule has 1 aliphatic carbocycles. The highest BCUT2D eigenvalue weighted by atomic mass is 16.5. The standard InChI is InChI=1S/C18H24N2O2/c21-17(19-11-10-18(14-19)8-4-1-5-9-18)20-12-13-22-16-7-3-2-6-15(16)20/h2-3,6-7H,1,4-5,8-14H2. The fourth-order valence-corrected chi connectivity index (χ4v) is 4.35. The zero-order valence-electron chi connectivity index (χ0n) is 13.1. The number of hydrogen-bond acceptors (Lipinski definition) is 2. The van der Waals surface area contributed by atoms with E-state index in [1.807, 2.05) is 29.2 Å². The second kappa shape index (κ2) is 5.49. The SMILES string of the molecule is O=C(N1CCC2(CCCCC2)C1)N1CCOc2ccccc21. The topological polar surface area (TPSA) is 32.8 Å². The molecular formula is C18H24N2O2. The lowest BCUT2D eigenvalue weighted by Gasteiger charge is -2.35. The van der Waals surface area contributed by atoms with E-state index in [1.54, 1.807) is 0 Å². The number of rotatable bonds is 0. The normalized spacial score (nSPS) is 23.3. The van der Waals surface area contributed by atoms with Crippen molar-refractivity contribution in [2.24, 2.45) is 5.41 Å². The molecule has 1 aromatic rings. The zero-order valence-corrected chi connectivity index (χ0v) is 13.1. The Morgan fingerprint density at radius 2 is 1.86 bits per heavy atom. The Labute approximate surface area is 132 Å². The van der Waals surface area contributed by atoms with Crippen LogP contribution in [0.4, 0.5) is 10.5 Å². The molecule has 0 N–H and O–H groups in total. The maximum absolute atomic E-state index is 13.0. The Morgan fingerprint density at radius 1 is 1.05 bits per heavy atom. The molecule has 2 amide bonds. The third-order valence-electron chi connectivity index (χ3n) is 5.58. The summed E-state index contributed by atoms with van der Waals surface area (Å²) in [4.78, 5) is 17.0. The van der Waals surface area contributed by atoms with Gasteiger partial charge < -0.3 is 9.64 Å². The Hall–Kier alpha value is -1.71. The second-order valence-electron chi connectivity index (χ2n) is 6.98. The first-order valence-electron chi connectivity index (χ1n) is 8.56. The molecule has 2 fully saturated rings. The molecule has 4 nitrogen and oxygen atoms in total. The average Bonchev–Trinajstić information content (AvgIpc) is 2.98. The first-order valence-corrected chi connectivity index (χ1v) is 8.56. The molecule has 118 valence electrons. The number of para-hydroxylation sites is 2. The smallest absolute Gasteiger partial charge is 0.324 e. The number of amides is 2. The predicted octanol–water partition coefficient (Wildman–Crippen LogP) is 3.66. The number of carbonyl (C=O) groups excluding carboxylic acids is 1. The number of fused-ring (bicyclic) bond motifs is 1. The lowest BCUT2D eigenvalue weighted by molar-refractivity contribution is 0.179. The van der Waals surface area contributed by atoms with E-state index in [9.17, 15) is 4.79 Å². The van der Waals surface area contributed by atoms with E-state index in [0.717, 1.165) is 24.5 Å². The van der Waals surface area contributed by atoms with E-state index in [4.69, 9.17) is 4.74 Å². The van der Waals surface area contributed by atoms with Crippen LogP contribution < -0.4 is 9.64 Å². The van der Waals surface area contributed by atoms with Crippen LogP contribution in [-0.2, 0) is 0 Å². The summed E-state index contributed by atoms with van der Waals surface area (Å²) >= 11 is 0. The van der Waals surface area contributed by atoms with Gasteiger partial charge in [0.2, 0.25) is 0 Å². The van der Waals surface area contributed by atoms with E-state index >= 15 is 0 Å². The molecule has 2 heterocycles. The fourth-order valence-electron chi connectivity index (χ4n) is 4.35. The zero-order chi connectivity index (χ0) is 15.0. The van der Waals surface area contributed by atoms with Gasteiger partial charge in [0.1, 0.15) is 12.4 Å². The van der Waals surface area contributed by atoms with Crippen LogP contribution in [0.3, 0.4) is 0 Å². The van der Waals surface area contributed by atoms with E-state index in [0.29, 0.717) is 18.6 Å². The molecule has 1 saturated heterocycles. The lowest BCUT2D eigenvalue weighted by Crippen LogP contribution is -2.46. The van der Waals surface area contributed by atoms with Crippen LogP contribution >= 0.6 is 0 Å². The Morgan fingerprint density at radius 3 is 2.73 bits per heavy atom. The summed E-state index contributed by atoms with van der Waals surface area (Å²) in [6.07, 6.45) is 7.83. The molecule has 4 rings (SSSR count). The Kier molecular flexibility index (Phi) is 3.47. The van der Waals surface area contributed by atoms with Gasteiger partial charge in [-0.15, -0.1) is 0 Å². The Balaban J connectivity index is 1.51. The quantitative estimate of drug-likeness (QED) is 0.732. The number of ether oxygens (including phenoxy) is 1. The summed E-state index contributed by atoms with van der Waals surface area (Å²) in [5, 5.41) is 0. The minimum atomic E-state index is 0.165. The number of benzene rings is 1. The summed E-state index contributed by atoms with van der Waals surface area (Å²) in [6.45, 7) is 3.10. The summed E-state index contributed by atoms with van der Waals surface area (Å²) in [6, 6.07) is 8.03. The van der Waals surface area contributed by atoms with Gasteiger partial charge in [0.15, 0.2) is 0 Å². The lowest BCUT2D eigenvalue weighted by atomic mass is 9.73. The van der Waals surface area contributed by atoms with Crippen molar-refractivity contribution >= 4 is 11.7 Å². The van der Waals surface area contributed by atoms with E-state index < -0.39 is 0 Å². The van der Waals surface area contributed by atoms with Crippen molar-refractivity contribution < 1.29 is 9.53 Å². The summed E-state index contributed by atoms with van der Waals surface area (Å²) in [7, 11) is 0. The molecule has 1 saturated carbocycles. The van der Waals surface area contributed by atoms with Gasteiger partial charge in [-0.1, -0.05) is 31.4 Å². The minimum absolute atomic E-state index is 0.165. The number of likely N-dealkylation sites (tertiary alicyclic amines) is 1. The van der Waals surface area contributed by atoms with Crippen LogP contribution in [0.2, 0.25) is 0 Å². The highest BCUT2D eigenvalue weighted by Crippen LogP contribution is 2.44. The number of nitrogens with zero attached hydrogens (tertiary/aromatic N) is 2. The first-order chi connectivity index (χ1) is 10.8. The van der Waals surface area contributed by atoms with E-state index in [2.05, 4.69) is 4.90 Å². The van der Waals surface area contributed by atoms with Crippen LogP contribution in [0.1, 0.15) is 38.5 Å². The highest BCUT2D eigenvalue weighted by Gasteiger charge is 2.42. The molecule has 2 aliphatic heterocycles. The third-order valence-corrected chi connectivity index (χ3v) is 5.58. The highest BCUT2D eigenvalue weighted by molar-refractivity contribution is 5.94. The van der Waals surface area contributed by atoms with Gasteiger partial charge in [-0.05, 0) is 36.8 Å². The van der Waals surface area contributed by atoms with Gasteiger partial charge in [-0.2, -0.15) is 0 Å². The van der Waals surface area contributed by atoms with Gasteiger partial charge in [-0.25, -0.2) is 4.79 Å². The van der Waals surface area contributed by atoms with Crippen LogP contribution in [0.5, 0.6) is 5.75 Å². The van der Waals surface area contributed by atoms with Gasteiger partial charge >= 0.3 is 6.03 Å². The van der Waals surface area contributed by atoms with Crippen LogP contribution in [0, 0.1) is 5.41 Å². The largest absolute Gasteiger partial charge is 0.490 e. The molecule has 0 atom stereocenters. The van der Waals surface area contributed by atoms with Gasteiger partial charge in [0.05, 0.1) is 12.2 Å². The van der Waals surface area contributed by atoms with Crippen LogP contribution in [0.25, 0.3) is 0 Å². The molecule has 0 bridgehead atoms. The monoisotopic (exact) mass is 300 g/mol. The van der Waals surface area contributed by atoms with Crippen molar-refractivity contribution in [1.82, 2.24) is 4.90 Å². The maximum Gasteiger partial charge on any atom is 0.324 e. The van der Waals surface area contributed by atoms with Gasteiger partial charge in [-0.3, -0.25) is 4.90 Å². The molecule has 0 aromatic heterocycles. The average molecular weight is 300 g/mol. The van der Waals surface area contributed by atoms with Crippen molar-refractivity contribution in [1.29, 1.82) is 0 Å². The molecular weight excluding hydrogens is 276 g/mol. The van der Waals surface area contributed by atoms with Gasteiger partial charge in [0.25, 0.3) is 0 Å². The van der Waals surface area contributed by atoms with Crippen molar-refractivity contribution in [3.8, 4) is 5.75 Å². The molecule has 3 aliphatic rings. The molecule has 1 spiro atoms.